The van der Waals surface area contributed by atoms with E-state index in [0.717, 1.165) is 24.6 Å². The number of carbonyl (C=O) groups is 1. The fraction of sp³-hybridized carbons (Fsp3) is 0.364. The Labute approximate surface area is 157 Å². The molecule has 1 spiro atoms. The van der Waals surface area contributed by atoms with Crippen molar-refractivity contribution in [2.24, 2.45) is 0 Å². The van der Waals surface area contributed by atoms with E-state index in [-0.39, 0.29) is 23.8 Å². The molecule has 2 heterocycles. The molecule has 5 rings (SSSR count). The second-order valence-electron chi connectivity index (χ2n) is 7.72. The van der Waals surface area contributed by atoms with Crippen molar-refractivity contribution in [2.75, 3.05) is 13.1 Å². The summed E-state index contributed by atoms with van der Waals surface area (Å²) in [6.45, 7) is 1.33. The van der Waals surface area contributed by atoms with Gasteiger partial charge < -0.3 is 14.5 Å². The first-order valence-corrected chi connectivity index (χ1v) is 9.55. The van der Waals surface area contributed by atoms with E-state index < -0.39 is 0 Å². The topological polar surface area (TPSA) is 66.6 Å². The van der Waals surface area contributed by atoms with E-state index in [9.17, 15) is 9.90 Å². The van der Waals surface area contributed by atoms with E-state index in [1.165, 1.54) is 11.1 Å². The number of aliphatic hydroxyl groups excluding tert-OH is 1. The van der Waals surface area contributed by atoms with Gasteiger partial charge in [-0.1, -0.05) is 41.6 Å². The van der Waals surface area contributed by atoms with Crippen LogP contribution in [-0.4, -0.2) is 40.3 Å². The first kappa shape index (κ1) is 16.5. The van der Waals surface area contributed by atoms with E-state index in [2.05, 4.69) is 17.3 Å². The number of benzene rings is 2. The fourth-order valence-electron chi connectivity index (χ4n) is 4.85. The lowest BCUT2D eigenvalue weighted by Crippen LogP contribution is -2.49. The minimum Gasteiger partial charge on any atom is -0.392 e. The fourth-order valence-corrected chi connectivity index (χ4v) is 4.85. The van der Waals surface area contributed by atoms with Gasteiger partial charge in [0.05, 0.1) is 12.5 Å². The predicted octanol–water partition coefficient (Wildman–Crippen LogP) is 2.85. The molecule has 1 aliphatic carbocycles. The third-order valence-corrected chi connectivity index (χ3v) is 6.38. The zero-order chi connectivity index (χ0) is 18.4. The number of hydrogen-bond donors (Lipinski definition) is 1. The van der Waals surface area contributed by atoms with Crippen molar-refractivity contribution in [3.05, 3.63) is 65.4 Å². The molecule has 2 aromatic carbocycles. The molecule has 138 valence electrons. The van der Waals surface area contributed by atoms with Crippen molar-refractivity contribution in [1.29, 1.82) is 0 Å². The molecule has 1 fully saturated rings. The van der Waals surface area contributed by atoms with Gasteiger partial charge in [-0.25, -0.2) is 0 Å². The van der Waals surface area contributed by atoms with E-state index in [4.69, 9.17) is 4.52 Å². The molecule has 3 aromatic rings. The van der Waals surface area contributed by atoms with Gasteiger partial charge >= 0.3 is 0 Å². The van der Waals surface area contributed by atoms with Crippen LogP contribution < -0.4 is 0 Å². The number of rotatable bonds is 2. The normalized spacial score (nSPS) is 20.9. The molecular weight excluding hydrogens is 340 g/mol. The first-order valence-electron chi connectivity index (χ1n) is 9.55. The predicted molar refractivity (Wildman–Crippen MR) is 101 cm³/mol. The van der Waals surface area contributed by atoms with Crippen LogP contribution in [0.15, 0.2) is 53.1 Å². The SMILES string of the molecule is O=C(Cc1noc2ccccc12)N1CCC2(CC1)c1ccccc1C[C@@H]2O. The van der Waals surface area contributed by atoms with Crippen LogP contribution in [0, 0.1) is 0 Å². The molecule has 1 aromatic heterocycles. The van der Waals surface area contributed by atoms with Gasteiger partial charge in [-0.05, 0) is 42.5 Å². The maximum absolute atomic E-state index is 12.8. The average Bonchev–Trinajstić information content (AvgIpc) is 3.22. The van der Waals surface area contributed by atoms with E-state index >= 15 is 0 Å². The third-order valence-electron chi connectivity index (χ3n) is 6.38. The van der Waals surface area contributed by atoms with Crippen molar-refractivity contribution in [3.8, 4) is 0 Å². The molecule has 1 amide bonds. The number of aromatic nitrogens is 1. The summed E-state index contributed by atoms with van der Waals surface area (Å²) in [5, 5.41) is 15.7. The van der Waals surface area contributed by atoms with Gasteiger partial charge in [0.25, 0.3) is 0 Å². The number of carbonyl (C=O) groups excluding carboxylic acids is 1. The largest absolute Gasteiger partial charge is 0.392 e. The number of fused-ring (bicyclic) bond motifs is 3. The smallest absolute Gasteiger partial charge is 0.228 e. The van der Waals surface area contributed by atoms with E-state index in [0.29, 0.717) is 24.4 Å². The van der Waals surface area contributed by atoms with Gasteiger partial charge in [-0.3, -0.25) is 4.79 Å². The van der Waals surface area contributed by atoms with Crippen molar-refractivity contribution < 1.29 is 14.4 Å². The molecule has 0 saturated carbocycles. The van der Waals surface area contributed by atoms with Gasteiger partial charge in [0.2, 0.25) is 5.91 Å². The van der Waals surface area contributed by atoms with Gasteiger partial charge in [-0.2, -0.15) is 0 Å². The number of hydrogen-bond acceptors (Lipinski definition) is 4. The Hall–Kier alpha value is -2.66. The van der Waals surface area contributed by atoms with Crippen LogP contribution in [0.2, 0.25) is 0 Å². The Balaban J connectivity index is 1.31. The summed E-state index contributed by atoms with van der Waals surface area (Å²) in [6.07, 6.45) is 2.22. The Morgan fingerprint density at radius 1 is 1.15 bits per heavy atom. The van der Waals surface area contributed by atoms with Crippen LogP contribution in [0.25, 0.3) is 11.0 Å². The molecule has 1 aliphatic heterocycles. The first-order chi connectivity index (χ1) is 13.2. The number of amides is 1. The highest BCUT2D eigenvalue weighted by Gasteiger charge is 2.48. The highest BCUT2D eigenvalue weighted by molar-refractivity contribution is 5.86. The number of para-hydroxylation sites is 1. The molecular formula is C22H22N2O3. The molecule has 1 atom stereocenters. The van der Waals surface area contributed by atoms with Crippen molar-refractivity contribution in [2.45, 2.75) is 37.2 Å². The van der Waals surface area contributed by atoms with Gasteiger partial charge in [-0.15, -0.1) is 0 Å². The monoisotopic (exact) mass is 362 g/mol. The minimum atomic E-state index is -0.355. The highest BCUT2D eigenvalue weighted by atomic mass is 16.5. The molecule has 5 nitrogen and oxygen atoms in total. The minimum absolute atomic E-state index is 0.0738. The molecule has 27 heavy (non-hydrogen) atoms. The van der Waals surface area contributed by atoms with E-state index in [1.54, 1.807) is 0 Å². The van der Waals surface area contributed by atoms with Crippen LogP contribution in [0.5, 0.6) is 0 Å². The standard InChI is InChI=1S/C22H22N2O3/c25-20-13-15-5-1-3-7-17(15)22(20)9-11-24(12-10-22)21(26)14-18-16-6-2-4-8-19(16)27-23-18/h1-8,20,25H,9-14H2/t20-/m0/s1. The Morgan fingerprint density at radius 3 is 2.74 bits per heavy atom. The van der Waals surface area contributed by atoms with E-state index in [1.807, 2.05) is 41.3 Å². The van der Waals surface area contributed by atoms with Crippen molar-refractivity contribution in [1.82, 2.24) is 10.1 Å². The van der Waals surface area contributed by atoms with Gasteiger partial charge in [0, 0.05) is 23.9 Å². The molecule has 1 N–H and O–H groups in total. The summed E-state index contributed by atoms with van der Waals surface area (Å²) >= 11 is 0. The molecule has 0 bridgehead atoms. The summed E-state index contributed by atoms with van der Waals surface area (Å²) < 4.78 is 5.31. The quantitative estimate of drug-likeness (QED) is 0.761. The van der Waals surface area contributed by atoms with Crippen LogP contribution in [0.4, 0.5) is 0 Å². The number of likely N-dealkylation sites (tertiary alicyclic amines) is 1. The Kier molecular flexibility index (Phi) is 3.79. The zero-order valence-electron chi connectivity index (χ0n) is 15.1. The average molecular weight is 362 g/mol. The number of nitrogens with zero attached hydrogens (tertiary/aromatic N) is 2. The lowest BCUT2D eigenvalue weighted by Gasteiger charge is -2.42. The zero-order valence-corrected chi connectivity index (χ0v) is 15.1. The van der Waals surface area contributed by atoms with Gasteiger partial charge in [0.15, 0.2) is 5.58 Å². The molecule has 1 saturated heterocycles. The summed E-state index contributed by atoms with van der Waals surface area (Å²) in [7, 11) is 0. The summed E-state index contributed by atoms with van der Waals surface area (Å²) in [5.74, 6) is 0.0738. The second kappa shape index (κ2) is 6.20. The van der Waals surface area contributed by atoms with Crippen molar-refractivity contribution >= 4 is 16.9 Å². The summed E-state index contributed by atoms with van der Waals surface area (Å²) in [4.78, 5) is 14.7. The second-order valence-corrected chi connectivity index (χ2v) is 7.72. The molecule has 0 unspecified atom stereocenters. The number of aliphatic hydroxyl groups is 1. The van der Waals surface area contributed by atoms with Crippen LogP contribution in [-0.2, 0) is 23.1 Å². The summed E-state index contributed by atoms with van der Waals surface area (Å²) in [6, 6.07) is 16.0. The Morgan fingerprint density at radius 2 is 1.89 bits per heavy atom. The molecule has 0 radical (unpaired) electrons. The lowest BCUT2D eigenvalue weighted by atomic mass is 9.72. The lowest BCUT2D eigenvalue weighted by molar-refractivity contribution is -0.132. The molecule has 2 aliphatic rings. The van der Waals surface area contributed by atoms with Crippen molar-refractivity contribution in [3.63, 3.8) is 0 Å². The Bertz CT molecular complexity index is 1000. The molecule has 5 heteroatoms. The third kappa shape index (κ3) is 2.57. The van der Waals surface area contributed by atoms with Crippen LogP contribution in [0.3, 0.4) is 0 Å². The summed E-state index contributed by atoms with van der Waals surface area (Å²) in [5.41, 5.74) is 3.73. The van der Waals surface area contributed by atoms with Crippen LogP contribution >= 0.6 is 0 Å². The van der Waals surface area contributed by atoms with Crippen LogP contribution in [0.1, 0.15) is 29.7 Å². The van der Waals surface area contributed by atoms with Gasteiger partial charge in [0.1, 0.15) is 5.69 Å². The maximum atomic E-state index is 12.8. The number of piperidine rings is 1. The maximum Gasteiger partial charge on any atom is 0.228 e. The highest BCUT2D eigenvalue weighted by Crippen LogP contribution is 2.46.